The predicted octanol–water partition coefficient (Wildman–Crippen LogP) is 2.60. The van der Waals surface area contributed by atoms with Crippen molar-refractivity contribution in [3.05, 3.63) is 53.5 Å². The molecular formula is C16H19NO4. The molecular weight excluding hydrogens is 270 g/mol. The molecule has 0 radical (unpaired) electrons. The molecule has 2 aromatic rings. The van der Waals surface area contributed by atoms with Crippen LogP contribution in [0.3, 0.4) is 0 Å². The summed E-state index contributed by atoms with van der Waals surface area (Å²) in [5.41, 5.74) is 2.04. The zero-order valence-corrected chi connectivity index (χ0v) is 12.0. The Morgan fingerprint density at radius 1 is 1.24 bits per heavy atom. The zero-order chi connectivity index (χ0) is 15.1. The van der Waals surface area contributed by atoms with Crippen molar-refractivity contribution >= 4 is 11.7 Å². The molecule has 1 heterocycles. The number of benzene rings is 1. The quantitative estimate of drug-likeness (QED) is 0.767. The van der Waals surface area contributed by atoms with Gasteiger partial charge >= 0.3 is 5.97 Å². The lowest BCUT2D eigenvalue weighted by Gasteiger charge is -2.05. The number of carbonyl (C=O) groups is 1. The molecule has 21 heavy (non-hydrogen) atoms. The van der Waals surface area contributed by atoms with Crippen molar-refractivity contribution in [2.75, 3.05) is 18.5 Å². The van der Waals surface area contributed by atoms with Crippen LogP contribution in [0.15, 0.2) is 40.8 Å². The van der Waals surface area contributed by atoms with Gasteiger partial charge in [-0.2, -0.15) is 0 Å². The summed E-state index contributed by atoms with van der Waals surface area (Å²) >= 11 is 0. The summed E-state index contributed by atoms with van der Waals surface area (Å²) in [6, 6.07) is 11.2. The molecule has 2 rings (SSSR count). The maximum atomic E-state index is 11.5. The van der Waals surface area contributed by atoms with Gasteiger partial charge in [0, 0.05) is 12.3 Å². The largest absolute Gasteiger partial charge is 0.460 e. The van der Waals surface area contributed by atoms with E-state index in [1.807, 2.05) is 24.3 Å². The number of aliphatic hydroxyl groups excluding tert-OH is 1. The van der Waals surface area contributed by atoms with E-state index < -0.39 is 5.97 Å². The lowest BCUT2D eigenvalue weighted by Crippen LogP contribution is -2.03. The number of nitrogens with one attached hydrogen (secondary N) is 1. The van der Waals surface area contributed by atoms with Crippen molar-refractivity contribution in [3.8, 4) is 0 Å². The second-order valence-electron chi connectivity index (χ2n) is 4.51. The third-order valence-corrected chi connectivity index (χ3v) is 2.96. The summed E-state index contributed by atoms with van der Waals surface area (Å²) in [6.45, 7) is 2.71. The monoisotopic (exact) mass is 289 g/mol. The minimum absolute atomic E-state index is 0.149. The number of ether oxygens (including phenoxy) is 1. The molecule has 0 unspecified atom stereocenters. The Morgan fingerprint density at radius 3 is 2.67 bits per heavy atom. The number of carbonyl (C=O) groups excluding carboxylic acids is 1. The second-order valence-corrected chi connectivity index (χ2v) is 4.51. The van der Waals surface area contributed by atoms with Crippen molar-refractivity contribution in [3.63, 3.8) is 0 Å². The Hall–Kier alpha value is -2.27. The first-order chi connectivity index (χ1) is 10.2. The van der Waals surface area contributed by atoms with Crippen LogP contribution in [0.1, 0.15) is 28.8 Å². The Kier molecular flexibility index (Phi) is 5.40. The van der Waals surface area contributed by atoms with Gasteiger partial charge in [0.2, 0.25) is 5.76 Å². The van der Waals surface area contributed by atoms with Crippen LogP contribution >= 0.6 is 0 Å². The SMILES string of the molecule is CCOC(=O)c1ccc(CNc2ccc(CCO)cc2)o1. The Balaban J connectivity index is 1.89. The van der Waals surface area contributed by atoms with Gasteiger partial charge in [-0.15, -0.1) is 0 Å². The number of hydrogen-bond acceptors (Lipinski definition) is 5. The standard InChI is InChI=1S/C16H19NO4/c1-2-20-16(19)15-8-7-14(21-15)11-17-13-5-3-12(4-6-13)9-10-18/h3-8,17-18H,2,9-11H2,1H3. The lowest BCUT2D eigenvalue weighted by molar-refractivity contribution is 0.0488. The summed E-state index contributed by atoms with van der Waals surface area (Å²) < 4.78 is 10.3. The number of hydrogen-bond donors (Lipinski definition) is 2. The van der Waals surface area contributed by atoms with Gasteiger partial charge in [-0.05, 0) is 43.2 Å². The molecule has 0 aliphatic heterocycles. The molecule has 0 fully saturated rings. The summed E-state index contributed by atoms with van der Waals surface area (Å²) in [5, 5.41) is 12.1. The molecule has 1 aromatic carbocycles. The molecule has 5 heteroatoms. The van der Waals surface area contributed by atoms with Crippen LogP contribution in [0, 0.1) is 0 Å². The molecule has 5 nitrogen and oxygen atoms in total. The van der Waals surface area contributed by atoms with Crippen molar-refractivity contribution in [2.24, 2.45) is 0 Å². The molecule has 0 saturated heterocycles. The summed E-state index contributed by atoms with van der Waals surface area (Å²) in [7, 11) is 0. The molecule has 0 spiro atoms. The minimum Gasteiger partial charge on any atom is -0.460 e. The van der Waals surface area contributed by atoms with Crippen LogP contribution in [-0.2, 0) is 17.7 Å². The molecule has 2 N–H and O–H groups in total. The van der Waals surface area contributed by atoms with Gasteiger partial charge in [0.05, 0.1) is 13.2 Å². The van der Waals surface area contributed by atoms with Crippen LogP contribution in [0.4, 0.5) is 5.69 Å². The van der Waals surface area contributed by atoms with Crippen molar-refractivity contribution < 1.29 is 19.1 Å². The van der Waals surface area contributed by atoms with Gasteiger partial charge < -0.3 is 19.6 Å². The van der Waals surface area contributed by atoms with Gasteiger partial charge in [0.25, 0.3) is 0 Å². The fraction of sp³-hybridized carbons (Fsp3) is 0.312. The average molecular weight is 289 g/mol. The molecule has 0 aliphatic carbocycles. The number of anilines is 1. The van der Waals surface area contributed by atoms with E-state index in [1.165, 1.54) is 0 Å². The van der Waals surface area contributed by atoms with Gasteiger partial charge in [-0.3, -0.25) is 0 Å². The predicted molar refractivity (Wildman–Crippen MR) is 79.2 cm³/mol. The second kappa shape index (κ2) is 7.50. The maximum Gasteiger partial charge on any atom is 0.374 e. The van der Waals surface area contributed by atoms with Gasteiger partial charge in [0.15, 0.2) is 0 Å². The van der Waals surface area contributed by atoms with Crippen LogP contribution in [0.2, 0.25) is 0 Å². The topological polar surface area (TPSA) is 71.7 Å². The third kappa shape index (κ3) is 4.36. The number of esters is 1. The van der Waals surface area contributed by atoms with Gasteiger partial charge in [-0.25, -0.2) is 4.79 Å². The fourth-order valence-corrected chi connectivity index (χ4v) is 1.89. The van der Waals surface area contributed by atoms with Crippen LogP contribution in [-0.4, -0.2) is 24.3 Å². The van der Waals surface area contributed by atoms with Crippen molar-refractivity contribution in [1.82, 2.24) is 0 Å². The first kappa shape index (κ1) is 15.1. The first-order valence-corrected chi connectivity index (χ1v) is 6.92. The van der Waals surface area contributed by atoms with Gasteiger partial charge in [-0.1, -0.05) is 12.1 Å². The third-order valence-electron chi connectivity index (χ3n) is 2.96. The highest BCUT2D eigenvalue weighted by atomic mass is 16.5. The van der Waals surface area contributed by atoms with Crippen LogP contribution < -0.4 is 5.32 Å². The van der Waals surface area contributed by atoms with E-state index in [9.17, 15) is 4.79 Å². The molecule has 1 aromatic heterocycles. The number of aliphatic hydroxyl groups is 1. The molecule has 0 aliphatic rings. The minimum atomic E-state index is -0.447. The van der Waals surface area contributed by atoms with Gasteiger partial charge in [0.1, 0.15) is 5.76 Å². The van der Waals surface area contributed by atoms with E-state index in [2.05, 4.69) is 5.32 Å². The first-order valence-electron chi connectivity index (χ1n) is 6.92. The maximum absolute atomic E-state index is 11.5. The van der Waals surface area contributed by atoms with E-state index in [1.54, 1.807) is 19.1 Å². The summed E-state index contributed by atoms with van der Waals surface area (Å²) in [5.74, 6) is 0.432. The molecule has 0 bridgehead atoms. The Labute approximate surface area is 123 Å². The molecule has 0 saturated carbocycles. The van der Waals surface area contributed by atoms with E-state index >= 15 is 0 Å². The fourth-order valence-electron chi connectivity index (χ4n) is 1.89. The van der Waals surface area contributed by atoms with E-state index in [-0.39, 0.29) is 12.4 Å². The molecule has 0 atom stereocenters. The lowest BCUT2D eigenvalue weighted by atomic mass is 10.1. The smallest absolute Gasteiger partial charge is 0.374 e. The molecule has 112 valence electrons. The van der Waals surface area contributed by atoms with E-state index in [4.69, 9.17) is 14.3 Å². The van der Waals surface area contributed by atoms with Crippen LogP contribution in [0.5, 0.6) is 0 Å². The number of furan rings is 1. The highest BCUT2D eigenvalue weighted by Gasteiger charge is 2.11. The van der Waals surface area contributed by atoms with E-state index in [0.717, 1.165) is 11.3 Å². The average Bonchev–Trinajstić information content (AvgIpc) is 2.96. The van der Waals surface area contributed by atoms with Crippen molar-refractivity contribution in [2.45, 2.75) is 19.9 Å². The zero-order valence-electron chi connectivity index (χ0n) is 12.0. The van der Waals surface area contributed by atoms with Crippen molar-refractivity contribution in [1.29, 1.82) is 0 Å². The number of rotatable bonds is 7. The molecule has 0 amide bonds. The normalized spacial score (nSPS) is 10.4. The Morgan fingerprint density at radius 2 is 2.00 bits per heavy atom. The summed E-state index contributed by atoms with van der Waals surface area (Å²) in [6.07, 6.45) is 0.654. The highest BCUT2D eigenvalue weighted by Crippen LogP contribution is 2.14. The Bertz CT molecular complexity index is 574. The summed E-state index contributed by atoms with van der Waals surface area (Å²) in [4.78, 5) is 11.5. The van der Waals surface area contributed by atoms with Crippen LogP contribution in [0.25, 0.3) is 0 Å². The highest BCUT2D eigenvalue weighted by molar-refractivity contribution is 5.86. The van der Waals surface area contributed by atoms with E-state index in [0.29, 0.717) is 25.3 Å².